The summed E-state index contributed by atoms with van der Waals surface area (Å²) in [6.07, 6.45) is 2.74. The molecule has 0 aliphatic rings. The maximum Gasteiger partial charge on any atom is 0.244 e. The van der Waals surface area contributed by atoms with Gasteiger partial charge >= 0.3 is 0 Å². The molecule has 6 heteroatoms. The van der Waals surface area contributed by atoms with Crippen LogP contribution in [0.25, 0.3) is 11.0 Å². The first kappa shape index (κ1) is 13.8. The molecule has 0 unspecified atom stereocenters. The topological polar surface area (TPSA) is 60.0 Å². The maximum absolute atomic E-state index is 5.40. The van der Waals surface area contributed by atoms with E-state index in [0.29, 0.717) is 18.3 Å². The maximum atomic E-state index is 5.40. The Kier molecular flexibility index (Phi) is 3.70. The highest BCUT2D eigenvalue weighted by Crippen LogP contribution is 2.20. The fourth-order valence-electron chi connectivity index (χ4n) is 2.52. The Morgan fingerprint density at radius 1 is 1.29 bits per heavy atom. The Morgan fingerprint density at radius 3 is 2.86 bits per heavy atom. The van der Waals surface area contributed by atoms with Crippen LogP contribution in [0.3, 0.4) is 0 Å². The monoisotopic (exact) mass is 285 g/mol. The van der Waals surface area contributed by atoms with E-state index in [-0.39, 0.29) is 6.04 Å². The molecule has 0 bridgehead atoms. The molecule has 2 heterocycles. The lowest BCUT2D eigenvalue weighted by Gasteiger charge is -2.18. The van der Waals surface area contributed by atoms with Crippen molar-refractivity contribution in [1.29, 1.82) is 0 Å². The van der Waals surface area contributed by atoms with E-state index in [2.05, 4.69) is 26.9 Å². The van der Waals surface area contributed by atoms with Gasteiger partial charge in [0, 0.05) is 0 Å². The Labute approximate surface area is 123 Å². The van der Waals surface area contributed by atoms with Gasteiger partial charge in [0.15, 0.2) is 5.82 Å². The van der Waals surface area contributed by atoms with Crippen LogP contribution in [0.1, 0.15) is 31.1 Å². The normalized spacial score (nSPS) is 13.1. The fourth-order valence-corrected chi connectivity index (χ4v) is 2.52. The molecule has 0 saturated heterocycles. The van der Waals surface area contributed by atoms with Crippen LogP contribution in [-0.2, 0) is 6.54 Å². The zero-order chi connectivity index (χ0) is 14.8. The Bertz CT molecular complexity index is 730. The first-order valence-corrected chi connectivity index (χ1v) is 7.07. The number of hydrogen-bond donors (Lipinski definition) is 0. The van der Waals surface area contributed by atoms with Crippen molar-refractivity contribution in [2.24, 2.45) is 0 Å². The molecular formula is C15H19N5O. The van der Waals surface area contributed by atoms with Crippen molar-refractivity contribution in [2.45, 2.75) is 25.9 Å². The summed E-state index contributed by atoms with van der Waals surface area (Å²) in [5, 5.41) is 4.09. The van der Waals surface area contributed by atoms with Gasteiger partial charge in [-0.05, 0) is 32.6 Å². The molecule has 1 aromatic carbocycles. The molecule has 0 N–H and O–H groups in total. The Balaban J connectivity index is 1.84. The molecule has 0 saturated carbocycles. The van der Waals surface area contributed by atoms with Gasteiger partial charge in [-0.1, -0.05) is 24.2 Å². The summed E-state index contributed by atoms with van der Waals surface area (Å²) in [6.45, 7) is 2.67. The largest absolute Gasteiger partial charge is 0.338 e. The minimum atomic E-state index is 0.158. The molecular weight excluding hydrogens is 266 g/mol. The molecule has 3 rings (SSSR count). The van der Waals surface area contributed by atoms with E-state index in [9.17, 15) is 0 Å². The van der Waals surface area contributed by atoms with Gasteiger partial charge in [0.05, 0.1) is 29.9 Å². The molecule has 0 amide bonds. The summed E-state index contributed by atoms with van der Waals surface area (Å²) < 4.78 is 7.43. The van der Waals surface area contributed by atoms with E-state index in [4.69, 9.17) is 4.52 Å². The molecule has 2 aromatic heterocycles. The van der Waals surface area contributed by atoms with Crippen LogP contribution in [0, 0.1) is 0 Å². The lowest BCUT2D eigenvalue weighted by molar-refractivity contribution is 0.224. The average Bonchev–Trinajstić information content (AvgIpc) is 3.08. The predicted molar refractivity (Wildman–Crippen MR) is 79.9 cm³/mol. The van der Waals surface area contributed by atoms with Gasteiger partial charge < -0.3 is 9.09 Å². The number of imidazole rings is 1. The summed E-state index contributed by atoms with van der Waals surface area (Å²) >= 11 is 0. The molecule has 0 radical (unpaired) electrons. The van der Waals surface area contributed by atoms with Crippen molar-refractivity contribution in [1.82, 2.24) is 24.6 Å². The average molecular weight is 285 g/mol. The zero-order valence-corrected chi connectivity index (χ0v) is 12.5. The minimum absolute atomic E-state index is 0.158. The highest BCUT2D eigenvalue weighted by molar-refractivity contribution is 5.74. The number of hydrogen-bond acceptors (Lipinski definition) is 5. The Hall–Kier alpha value is -2.21. The lowest BCUT2D eigenvalue weighted by Crippen LogP contribution is -2.19. The third-order valence-electron chi connectivity index (χ3n) is 3.62. The van der Waals surface area contributed by atoms with Crippen LogP contribution < -0.4 is 0 Å². The third-order valence-corrected chi connectivity index (χ3v) is 3.62. The molecule has 3 aromatic rings. The van der Waals surface area contributed by atoms with E-state index in [0.717, 1.165) is 17.5 Å². The van der Waals surface area contributed by atoms with Crippen LogP contribution in [0.2, 0.25) is 0 Å². The first-order chi connectivity index (χ1) is 10.2. The van der Waals surface area contributed by atoms with Crippen molar-refractivity contribution in [2.75, 3.05) is 14.1 Å². The number of para-hydroxylation sites is 2. The van der Waals surface area contributed by atoms with Gasteiger partial charge in [0.1, 0.15) is 0 Å². The molecule has 0 fully saturated rings. The summed E-state index contributed by atoms with van der Waals surface area (Å²) in [5.41, 5.74) is 2.05. The van der Waals surface area contributed by atoms with Crippen LogP contribution in [0.4, 0.5) is 0 Å². The van der Waals surface area contributed by atoms with Gasteiger partial charge in [0.2, 0.25) is 5.89 Å². The van der Waals surface area contributed by atoms with Crippen LogP contribution >= 0.6 is 0 Å². The standard InChI is InChI=1S/C15H19N5O/c1-4-12(19(2)3)15-17-14(18-21-15)9-20-10-16-11-7-5-6-8-13(11)20/h5-8,10,12H,4,9H2,1-3H3/t12-/m0/s1. The van der Waals surface area contributed by atoms with Gasteiger partial charge in [-0.2, -0.15) is 4.98 Å². The van der Waals surface area contributed by atoms with Crippen LogP contribution in [0.15, 0.2) is 35.1 Å². The summed E-state index contributed by atoms with van der Waals surface area (Å²) in [6, 6.07) is 8.17. The summed E-state index contributed by atoms with van der Waals surface area (Å²) in [5.74, 6) is 1.34. The number of aromatic nitrogens is 4. The summed E-state index contributed by atoms with van der Waals surface area (Å²) in [7, 11) is 4.03. The van der Waals surface area contributed by atoms with Crippen molar-refractivity contribution >= 4 is 11.0 Å². The van der Waals surface area contributed by atoms with Crippen molar-refractivity contribution in [3.63, 3.8) is 0 Å². The molecule has 0 aliphatic heterocycles. The lowest BCUT2D eigenvalue weighted by atomic mass is 10.2. The number of rotatable bonds is 5. The predicted octanol–water partition coefficient (Wildman–Crippen LogP) is 2.48. The first-order valence-electron chi connectivity index (χ1n) is 7.07. The molecule has 0 spiro atoms. The van der Waals surface area contributed by atoms with Crippen molar-refractivity contribution < 1.29 is 4.52 Å². The fraction of sp³-hybridized carbons (Fsp3) is 0.400. The van der Waals surface area contributed by atoms with Crippen molar-refractivity contribution in [3.8, 4) is 0 Å². The molecule has 6 nitrogen and oxygen atoms in total. The van der Waals surface area contributed by atoms with Gasteiger partial charge in [-0.3, -0.25) is 4.90 Å². The second-order valence-electron chi connectivity index (χ2n) is 5.30. The molecule has 1 atom stereocenters. The van der Waals surface area contributed by atoms with Crippen LogP contribution in [0.5, 0.6) is 0 Å². The zero-order valence-electron chi connectivity index (χ0n) is 12.5. The smallest absolute Gasteiger partial charge is 0.244 e. The second kappa shape index (κ2) is 5.65. The highest BCUT2D eigenvalue weighted by Gasteiger charge is 2.19. The molecule has 110 valence electrons. The van der Waals surface area contributed by atoms with Crippen molar-refractivity contribution in [3.05, 3.63) is 42.3 Å². The second-order valence-corrected chi connectivity index (χ2v) is 5.30. The summed E-state index contributed by atoms with van der Waals surface area (Å²) in [4.78, 5) is 11.0. The van der Waals surface area contributed by atoms with Crippen LogP contribution in [-0.4, -0.2) is 38.7 Å². The SMILES string of the molecule is CC[C@@H](c1nc(Cn2cnc3ccccc32)no1)N(C)C. The highest BCUT2D eigenvalue weighted by atomic mass is 16.5. The van der Waals surface area contributed by atoms with E-state index in [1.165, 1.54) is 0 Å². The van der Waals surface area contributed by atoms with E-state index >= 15 is 0 Å². The molecule has 21 heavy (non-hydrogen) atoms. The number of nitrogens with zero attached hydrogens (tertiary/aromatic N) is 5. The van der Waals surface area contributed by atoms with E-state index in [1.54, 1.807) is 0 Å². The Morgan fingerprint density at radius 2 is 2.10 bits per heavy atom. The minimum Gasteiger partial charge on any atom is -0.338 e. The van der Waals surface area contributed by atoms with Gasteiger partial charge in [-0.25, -0.2) is 4.98 Å². The number of benzene rings is 1. The van der Waals surface area contributed by atoms with E-state index in [1.807, 2.05) is 49.3 Å². The van der Waals surface area contributed by atoms with Gasteiger partial charge in [-0.15, -0.1) is 0 Å². The quantitative estimate of drug-likeness (QED) is 0.720. The molecule has 0 aliphatic carbocycles. The van der Waals surface area contributed by atoms with Gasteiger partial charge in [0.25, 0.3) is 0 Å². The third kappa shape index (κ3) is 2.67. The van der Waals surface area contributed by atoms with E-state index < -0.39 is 0 Å². The number of fused-ring (bicyclic) bond motifs is 1.